The Bertz CT molecular complexity index is 286. The van der Waals surface area contributed by atoms with E-state index in [1.54, 1.807) is 13.8 Å². The highest BCUT2D eigenvalue weighted by molar-refractivity contribution is 5.92. The van der Waals surface area contributed by atoms with Crippen LogP contribution in [-0.4, -0.2) is 45.2 Å². The monoisotopic (exact) mass is 188 g/mol. The van der Waals surface area contributed by atoms with Gasteiger partial charge in [0.1, 0.15) is 0 Å². The van der Waals surface area contributed by atoms with E-state index in [0.29, 0.717) is 0 Å². The molecule has 1 aliphatic carbocycles. The molecule has 3 atom stereocenters. The van der Waals surface area contributed by atoms with E-state index < -0.39 is 35.3 Å². The molecule has 0 aromatic carbocycles. The molecule has 2 fully saturated rings. The predicted octanol–water partition coefficient (Wildman–Crippen LogP) is -1.59. The number of carbonyl (C=O) groups excluding carboxylic acids is 1. The maximum atomic E-state index is 11.2. The number of hydrogen-bond acceptors (Lipinski definition) is 5. The number of carbonyl (C=O) groups is 1. The Morgan fingerprint density at radius 2 is 2.00 bits per heavy atom. The van der Waals surface area contributed by atoms with Crippen LogP contribution in [0.25, 0.3) is 0 Å². The standard InChI is InChI=1S/C8H12O5/c1-6(2)7(11)4(3-9)13-5(10)8(6,7)12/h4,9,11-12H,3H2,1-2H3. The van der Waals surface area contributed by atoms with Crippen LogP contribution in [0.3, 0.4) is 0 Å². The van der Waals surface area contributed by atoms with E-state index in [1.165, 1.54) is 0 Å². The number of cyclic esters (lactones) is 1. The van der Waals surface area contributed by atoms with Crippen molar-refractivity contribution in [2.24, 2.45) is 5.41 Å². The summed E-state index contributed by atoms with van der Waals surface area (Å²) in [5.74, 6) is -0.848. The molecule has 0 aromatic heterocycles. The Hall–Kier alpha value is -0.650. The Morgan fingerprint density at radius 1 is 1.46 bits per heavy atom. The summed E-state index contributed by atoms with van der Waals surface area (Å²) in [7, 11) is 0. The SMILES string of the molecule is CC1(C)C2(O)C(=O)OC(CO)C12O. The second-order valence-corrected chi connectivity index (χ2v) is 4.18. The fraction of sp³-hybridized carbons (Fsp3) is 0.875. The zero-order chi connectivity index (χ0) is 10.1. The van der Waals surface area contributed by atoms with Gasteiger partial charge in [-0.2, -0.15) is 0 Å². The first-order chi connectivity index (χ1) is 5.84. The minimum Gasteiger partial charge on any atom is -0.454 e. The van der Waals surface area contributed by atoms with E-state index in [9.17, 15) is 15.0 Å². The van der Waals surface area contributed by atoms with E-state index in [-0.39, 0.29) is 0 Å². The number of rotatable bonds is 1. The van der Waals surface area contributed by atoms with Crippen LogP contribution in [0.4, 0.5) is 0 Å². The van der Waals surface area contributed by atoms with Crippen LogP contribution >= 0.6 is 0 Å². The first-order valence-electron chi connectivity index (χ1n) is 4.10. The molecule has 1 saturated heterocycles. The van der Waals surface area contributed by atoms with Crippen molar-refractivity contribution in [3.8, 4) is 0 Å². The summed E-state index contributed by atoms with van der Waals surface area (Å²) in [5, 5.41) is 28.6. The minimum atomic E-state index is -1.84. The lowest BCUT2D eigenvalue weighted by Crippen LogP contribution is -2.36. The Morgan fingerprint density at radius 3 is 2.23 bits per heavy atom. The molecule has 0 aromatic rings. The van der Waals surface area contributed by atoms with Crippen molar-refractivity contribution in [1.29, 1.82) is 0 Å². The molecule has 2 aliphatic rings. The predicted molar refractivity (Wildman–Crippen MR) is 40.6 cm³/mol. The normalized spacial score (nSPS) is 51.5. The average molecular weight is 188 g/mol. The van der Waals surface area contributed by atoms with Crippen LogP contribution in [0.15, 0.2) is 0 Å². The highest BCUT2D eigenvalue weighted by Crippen LogP contribution is 2.70. The van der Waals surface area contributed by atoms with E-state index in [1.807, 2.05) is 0 Å². The number of hydrogen-bond donors (Lipinski definition) is 3. The number of aliphatic hydroxyl groups is 3. The number of fused-ring (bicyclic) bond motifs is 1. The third-order valence-corrected chi connectivity index (χ3v) is 3.52. The molecule has 3 unspecified atom stereocenters. The molecule has 1 saturated carbocycles. The van der Waals surface area contributed by atoms with Crippen molar-refractivity contribution >= 4 is 5.97 Å². The van der Waals surface area contributed by atoms with E-state index >= 15 is 0 Å². The molecule has 5 nitrogen and oxygen atoms in total. The van der Waals surface area contributed by atoms with Gasteiger partial charge in [0, 0.05) is 5.41 Å². The van der Waals surface area contributed by atoms with Gasteiger partial charge in [-0.1, -0.05) is 13.8 Å². The summed E-state index contributed by atoms with van der Waals surface area (Å²) in [4.78, 5) is 11.2. The van der Waals surface area contributed by atoms with Crippen molar-refractivity contribution in [2.45, 2.75) is 31.2 Å². The molecular weight excluding hydrogens is 176 g/mol. The van der Waals surface area contributed by atoms with Crippen molar-refractivity contribution in [3.05, 3.63) is 0 Å². The quantitative estimate of drug-likeness (QED) is 0.432. The molecule has 0 bridgehead atoms. The van der Waals surface area contributed by atoms with E-state index in [0.717, 1.165) is 0 Å². The Labute approximate surface area is 74.9 Å². The maximum absolute atomic E-state index is 11.2. The molecule has 5 heteroatoms. The number of ether oxygens (including phenoxy) is 1. The van der Waals surface area contributed by atoms with Crippen LogP contribution in [0, 0.1) is 5.41 Å². The summed E-state index contributed by atoms with van der Waals surface area (Å²) in [6.07, 6.45) is -1.01. The third kappa shape index (κ3) is 0.553. The molecule has 13 heavy (non-hydrogen) atoms. The fourth-order valence-electron chi connectivity index (χ4n) is 2.38. The molecule has 0 radical (unpaired) electrons. The largest absolute Gasteiger partial charge is 0.454 e. The Balaban J connectivity index is 2.46. The fourth-order valence-corrected chi connectivity index (χ4v) is 2.38. The van der Waals surface area contributed by atoms with Crippen LogP contribution in [-0.2, 0) is 9.53 Å². The van der Waals surface area contributed by atoms with Gasteiger partial charge in [-0.25, -0.2) is 4.79 Å². The second kappa shape index (κ2) is 1.89. The molecule has 2 rings (SSSR count). The van der Waals surface area contributed by atoms with Crippen molar-refractivity contribution in [1.82, 2.24) is 0 Å². The summed E-state index contributed by atoms with van der Waals surface area (Å²) < 4.78 is 4.63. The van der Waals surface area contributed by atoms with Crippen LogP contribution in [0.1, 0.15) is 13.8 Å². The first kappa shape index (κ1) is 8.93. The van der Waals surface area contributed by atoms with Crippen molar-refractivity contribution < 1.29 is 24.9 Å². The van der Waals surface area contributed by atoms with Gasteiger partial charge in [-0.3, -0.25) is 0 Å². The molecule has 1 aliphatic heterocycles. The molecule has 0 amide bonds. The van der Waals surface area contributed by atoms with Gasteiger partial charge < -0.3 is 20.1 Å². The van der Waals surface area contributed by atoms with Gasteiger partial charge in [0.05, 0.1) is 6.61 Å². The van der Waals surface area contributed by atoms with E-state index in [2.05, 4.69) is 4.74 Å². The van der Waals surface area contributed by atoms with Crippen molar-refractivity contribution in [2.75, 3.05) is 6.61 Å². The van der Waals surface area contributed by atoms with Crippen molar-refractivity contribution in [3.63, 3.8) is 0 Å². The van der Waals surface area contributed by atoms with Gasteiger partial charge in [0.15, 0.2) is 11.7 Å². The summed E-state index contributed by atoms with van der Waals surface area (Å²) >= 11 is 0. The average Bonchev–Trinajstić information content (AvgIpc) is 2.34. The minimum absolute atomic E-state index is 0.478. The summed E-state index contributed by atoms with van der Waals surface area (Å²) in [5.41, 5.74) is -4.41. The van der Waals surface area contributed by atoms with Crippen LogP contribution < -0.4 is 0 Å². The lowest BCUT2D eigenvalue weighted by molar-refractivity contribution is -0.159. The lowest BCUT2D eigenvalue weighted by Gasteiger charge is -2.19. The summed E-state index contributed by atoms with van der Waals surface area (Å²) in [6, 6.07) is 0. The zero-order valence-corrected chi connectivity index (χ0v) is 7.44. The smallest absolute Gasteiger partial charge is 0.342 e. The van der Waals surface area contributed by atoms with Crippen LogP contribution in [0.2, 0.25) is 0 Å². The maximum Gasteiger partial charge on any atom is 0.342 e. The van der Waals surface area contributed by atoms with Crippen LogP contribution in [0.5, 0.6) is 0 Å². The number of aliphatic hydroxyl groups excluding tert-OH is 1. The van der Waals surface area contributed by atoms with Gasteiger partial charge in [0.2, 0.25) is 5.60 Å². The molecule has 0 spiro atoms. The Kier molecular flexibility index (Phi) is 1.30. The molecule has 1 heterocycles. The highest BCUT2D eigenvalue weighted by atomic mass is 16.6. The third-order valence-electron chi connectivity index (χ3n) is 3.52. The van der Waals surface area contributed by atoms with Gasteiger partial charge in [-0.05, 0) is 0 Å². The molecule has 74 valence electrons. The van der Waals surface area contributed by atoms with Gasteiger partial charge >= 0.3 is 5.97 Å². The highest BCUT2D eigenvalue weighted by Gasteiger charge is 2.94. The van der Waals surface area contributed by atoms with E-state index in [4.69, 9.17) is 5.11 Å². The van der Waals surface area contributed by atoms with Gasteiger partial charge in [-0.15, -0.1) is 0 Å². The summed E-state index contributed by atoms with van der Waals surface area (Å²) in [6.45, 7) is 2.65. The number of esters is 1. The molecular formula is C8H12O5. The lowest BCUT2D eigenvalue weighted by atomic mass is 10.0. The zero-order valence-electron chi connectivity index (χ0n) is 7.44. The topological polar surface area (TPSA) is 87.0 Å². The van der Waals surface area contributed by atoms with Gasteiger partial charge in [0.25, 0.3) is 0 Å². The molecule has 3 N–H and O–H groups in total. The first-order valence-corrected chi connectivity index (χ1v) is 4.10. The second-order valence-electron chi connectivity index (χ2n) is 4.18.